The summed E-state index contributed by atoms with van der Waals surface area (Å²) in [5.41, 5.74) is 2.53. The third-order valence-corrected chi connectivity index (χ3v) is 4.53. The van der Waals surface area contributed by atoms with Crippen LogP contribution in [0.25, 0.3) is 0 Å². The molecule has 1 aromatic carbocycles. The topological polar surface area (TPSA) is 54.0 Å². The molecule has 1 aliphatic rings. The predicted octanol–water partition coefficient (Wildman–Crippen LogP) is 2.82. The Bertz CT molecular complexity index is 683. The highest BCUT2D eigenvalue weighted by molar-refractivity contribution is 6.31. The first-order chi connectivity index (χ1) is 11.2. The van der Waals surface area contributed by atoms with Crippen molar-refractivity contribution < 1.29 is 4.79 Å². The van der Waals surface area contributed by atoms with Crippen LogP contribution >= 0.6 is 11.6 Å². The molecule has 0 radical (unpaired) electrons. The van der Waals surface area contributed by atoms with Gasteiger partial charge in [0.2, 0.25) is 0 Å². The number of nitrogens with one attached hydrogen (secondary N) is 2. The normalized spacial score (nSPS) is 17.2. The summed E-state index contributed by atoms with van der Waals surface area (Å²) < 4.78 is 0. The molecule has 1 fully saturated rings. The minimum Gasteiger partial charge on any atom is -0.346 e. The van der Waals surface area contributed by atoms with Crippen LogP contribution in [0.2, 0.25) is 5.02 Å². The Balaban J connectivity index is 1.68. The zero-order valence-electron chi connectivity index (χ0n) is 12.9. The van der Waals surface area contributed by atoms with Gasteiger partial charge in [-0.3, -0.25) is 9.78 Å². The van der Waals surface area contributed by atoms with E-state index >= 15 is 0 Å². The SMILES string of the molecule is O=C(NCc1ncccc1Cl)c1ccccc1CC1CCNC1. The highest BCUT2D eigenvalue weighted by Crippen LogP contribution is 2.19. The average Bonchev–Trinajstić information content (AvgIpc) is 3.07. The summed E-state index contributed by atoms with van der Waals surface area (Å²) in [7, 11) is 0. The molecule has 0 saturated carbocycles. The van der Waals surface area contributed by atoms with Crippen LogP contribution in [0.5, 0.6) is 0 Å². The monoisotopic (exact) mass is 329 g/mol. The Morgan fingerprint density at radius 2 is 2.17 bits per heavy atom. The van der Waals surface area contributed by atoms with Gasteiger partial charge in [0.15, 0.2) is 0 Å². The first kappa shape index (κ1) is 16.0. The maximum absolute atomic E-state index is 12.5. The van der Waals surface area contributed by atoms with Crippen LogP contribution in [0.15, 0.2) is 42.6 Å². The van der Waals surface area contributed by atoms with Gasteiger partial charge in [0.05, 0.1) is 17.3 Å². The molecule has 2 aromatic rings. The molecule has 23 heavy (non-hydrogen) atoms. The van der Waals surface area contributed by atoms with Crippen molar-refractivity contribution in [1.29, 1.82) is 0 Å². The number of carbonyl (C=O) groups is 1. The molecule has 1 aliphatic heterocycles. The Morgan fingerprint density at radius 3 is 2.96 bits per heavy atom. The molecule has 5 heteroatoms. The van der Waals surface area contributed by atoms with E-state index in [9.17, 15) is 4.79 Å². The molecule has 1 unspecified atom stereocenters. The van der Waals surface area contributed by atoms with Crippen molar-refractivity contribution in [3.8, 4) is 0 Å². The summed E-state index contributed by atoms with van der Waals surface area (Å²) >= 11 is 6.08. The van der Waals surface area contributed by atoms with E-state index in [1.165, 1.54) is 6.42 Å². The van der Waals surface area contributed by atoms with Crippen LogP contribution in [0, 0.1) is 5.92 Å². The molecule has 0 bridgehead atoms. The molecule has 2 N–H and O–H groups in total. The quantitative estimate of drug-likeness (QED) is 0.887. The standard InChI is InChI=1S/C18H20ClN3O/c19-16-6-3-8-21-17(16)12-22-18(23)15-5-2-1-4-14(15)10-13-7-9-20-11-13/h1-6,8,13,20H,7,9-12H2,(H,22,23). The van der Waals surface area contributed by atoms with Crippen LogP contribution < -0.4 is 10.6 Å². The van der Waals surface area contributed by atoms with E-state index in [-0.39, 0.29) is 5.91 Å². The summed E-state index contributed by atoms with van der Waals surface area (Å²) in [6.45, 7) is 2.43. The van der Waals surface area contributed by atoms with E-state index in [1.807, 2.05) is 24.3 Å². The summed E-state index contributed by atoms with van der Waals surface area (Å²) in [6.07, 6.45) is 3.77. The lowest BCUT2D eigenvalue weighted by Gasteiger charge is -2.13. The number of aromatic nitrogens is 1. The molecule has 1 atom stereocenters. The van der Waals surface area contributed by atoms with Crippen molar-refractivity contribution in [1.82, 2.24) is 15.6 Å². The number of carbonyl (C=O) groups excluding carboxylic acids is 1. The number of amides is 1. The molecule has 0 spiro atoms. The van der Waals surface area contributed by atoms with Gasteiger partial charge < -0.3 is 10.6 Å². The van der Waals surface area contributed by atoms with Crippen molar-refractivity contribution >= 4 is 17.5 Å². The fraction of sp³-hybridized carbons (Fsp3) is 0.333. The second-order valence-electron chi connectivity index (χ2n) is 5.83. The minimum atomic E-state index is -0.0757. The molecule has 1 aromatic heterocycles. The molecule has 4 nitrogen and oxygen atoms in total. The van der Waals surface area contributed by atoms with Crippen molar-refractivity contribution in [2.24, 2.45) is 5.92 Å². The summed E-state index contributed by atoms with van der Waals surface area (Å²) in [4.78, 5) is 16.7. The smallest absolute Gasteiger partial charge is 0.251 e. The number of rotatable bonds is 5. The average molecular weight is 330 g/mol. The highest BCUT2D eigenvalue weighted by Gasteiger charge is 2.18. The van der Waals surface area contributed by atoms with E-state index < -0.39 is 0 Å². The van der Waals surface area contributed by atoms with Crippen LogP contribution in [-0.2, 0) is 13.0 Å². The number of benzene rings is 1. The number of nitrogens with zero attached hydrogens (tertiary/aromatic N) is 1. The van der Waals surface area contributed by atoms with Crippen molar-refractivity contribution in [3.05, 3.63) is 64.4 Å². The van der Waals surface area contributed by atoms with Crippen LogP contribution in [0.3, 0.4) is 0 Å². The number of hydrogen-bond donors (Lipinski definition) is 2. The zero-order valence-corrected chi connectivity index (χ0v) is 13.6. The Hall–Kier alpha value is -1.91. The maximum Gasteiger partial charge on any atom is 0.251 e. The highest BCUT2D eigenvalue weighted by atomic mass is 35.5. The van der Waals surface area contributed by atoms with Gasteiger partial charge in [-0.15, -0.1) is 0 Å². The van der Waals surface area contributed by atoms with Gasteiger partial charge in [-0.25, -0.2) is 0 Å². The van der Waals surface area contributed by atoms with Gasteiger partial charge in [-0.05, 0) is 55.6 Å². The summed E-state index contributed by atoms with van der Waals surface area (Å²) in [5.74, 6) is 0.530. The lowest BCUT2D eigenvalue weighted by Crippen LogP contribution is -2.25. The molecule has 3 rings (SSSR count). The fourth-order valence-corrected chi connectivity index (χ4v) is 3.12. The van der Waals surface area contributed by atoms with E-state index in [4.69, 9.17) is 11.6 Å². The Kier molecular flexibility index (Phi) is 5.26. The third-order valence-electron chi connectivity index (χ3n) is 4.18. The van der Waals surface area contributed by atoms with Gasteiger partial charge in [-0.1, -0.05) is 29.8 Å². The molecule has 1 amide bonds. The van der Waals surface area contributed by atoms with Crippen molar-refractivity contribution in [3.63, 3.8) is 0 Å². The number of pyridine rings is 1. The van der Waals surface area contributed by atoms with E-state index in [0.717, 1.165) is 30.6 Å². The molecule has 120 valence electrons. The lowest BCUT2D eigenvalue weighted by atomic mass is 9.94. The van der Waals surface area contributed by atoms with Gasteiger partial charge in [0, 0.05) is 11.8 Å². The summed E-state index contributed by atoms with van der Waals surface area (Å²) in [6, 6.07) is 11.4. The lowest BCUT2D eigenvalue weighted by molar-refractivity contribution is 0.0949. The van der Waals surface area contributed by atoms with E-state index in [1.54, 1.807) is 18.3 Å². The second-order valence-corrected chi connectivity index (χ2v) is 6.24. The third kappa shape index (κ3) is 4.09. The van der Waals surface area contributed by atoms with E-state index in [2.05, 4.69) is 15.6 Å². The van der Waals surface area contributed by atoms with Crippen LogP contribution in [0.4, 0.5) is 0 Å². The van der Waals surface area contributed by atoms with Crippen molar-refractivity contribution in [2.45, 2.75) is 19.4 Å². The number of halogens is 1. The first-order valence-electron chi connectivity index (χ1n) is 7.90. The van der Waals surface area contributed by atoms with Gasteiger partial charge in [-0.2, -0.15) is 0 Å². The molecule has 1 saturated heterocycles. The minimum absolute atomic E-state index is 0.0757. The van der Waals surface area contributed by atoms with Crippen LogP contribution in [-0.4, -0.2) is 24.0 Å². The predicted molar refractivity (Wildman–Crippen MR) is 91.5 cm³/mol. The van der Waals surface area contributed by atoms with Crippen molar-refractivity contribution in [2.75, 3.05) is 13.1 Å². The molecule has 0 aliphatic carbocycles. The maximum atomic E-state index is 12.5. The largest absolute Gasteiger partial charge is 0.346 e. The Morgan fingerprint density at radius 1 is 1.30 bits per heavy atom. The second kappa shape index (κ2) is 7.57. The molecular weight excluding hydrogens is 310 g/mol. The molecular formula is C18H20ClN3O. The first-order valence-corrected chi connectivity index (χ1v) is 8.28. The van der Waals surface area contributed by atoms with Gasteiger partial charge in [0.25, 0.3) is 5.91 Å². The summed E-state index contributed by atoms with van der Waals surface area (Å²) in [5, 5.41) is 6.86. The van der Waals surface area contributed by atoms with Gasteiger partial charge in [0.1, 0.15) is 0 Å². The number of hydrogen-bond acceptors (Lipinski definition) is 3. The zero-order chi connectivity index (χ0) is 16.1. The fourth-order valence-electron chi connectivity index (χ4n) is 2.93. The van der Waals surface area contributed by atoms with Crippen LogP contribution in [0.1, 0.15) is 28.0 Å². The molecule has 2 heterocycles. The van der Waals surface area contributed by atoms with Gasteiger partial charge >= 0.3 is 0 Å². The Labute approximate surface area is 141 Å². The van der Waals surface area contributed by atoms with E-state index in [0.29, 0.717) is 23.2 Å².